The Balaban J connectivity index is 1.41. The lowest BCUT2D eigenvalue weighted by Crippen LogP contribution is -2.38. The molecular weight excluding hydrogens is 340 g/mol. The van der Waals surface area contributed by atoms with E-state index in [4.69, 9.17) is 9.47 Å². The monoisotopic (exact) mass is 370 g/mol. The van der Waals surface area contributed by atoms with Gasteiger partial charge in [-0.25, -0.2) is 0 Å². The highest BCUT2D eigenvalue weighted by Crippen LogP contribution is 2.14. The van der Waals surface area contributed by atoms with Gasteiger partial charge in [-0.3, -0.25) is 14.6 Å². The van der Waals surface area contributed by atoms with Crippen molar-refractivity contribution in [3.63, 3.8) is 0 Å². The third-order valence-corrected chi connectivity index (χ3v) is 5.05. The number of nitrogens with zero attached hydrogens (tertiary/aromatic N) is 2. The number of rotatable bonds is 9. The zero-order valence-electron chi connectivity index (χ0n) is 16.1. The summed E-state index contributed by atoms with van der Waals surface area (Å²) in [6, 6.07) is 7.85. The fourth-order valence-corrected chi connectivity index (χ4v) is 3.37. The second-order valence-electron chi connectivity index (χ2n) is 7.16. The van der Waals surface area contributed by atoms with Crippen LogP contribution in [0.2, 0.25) is 0 Å². The molecule has 1 aromatic carbocycles. The van der Waals surface area contributed by atoms with E-state index in [0.29, 0.717) is 12.1 Å². The van der Waals surface area contributed by atoms with Crippen molar-refractivity contribution in [2.24, 2.45) is 0 Å². The number of morpholine rings is 1. The van der Waals surface area contributed by atoms with Crippen LogP contribution < -0.4 is 4.74 Å². The fraction of sp³-hybridized carbons (Fsp3) is 0.500. The van der Waals surface area contributed by atoms with Gasteiger partial charge < -0.3 is 9.47 Å². The number of likely N-dealkylation sites (tertiary alicyclic amines) is 1. The molecule has 0 radical (unpaired) electrons. The molecule has 2 heterocycles. The zero-order valence-corrected chi connectivity index (χ0v) is 16.1. The van der Waals surface area contributed by atoms with Crippen molar-refractivity contribution in [2.45, 2.75) is 12.8 Å². The molecule has 0 atom stereocenters. The Bertz CT molecular complexity index is 642. The number of hydrogen-bond donors (Lipinski definition) is 0. The first-order chi connectivity index (χ1) is 13.2. The van der Waals surface area contributed by atoms with E-state index in [9.17, 15) is 4.79 Å². The second kappa shape index (κ2) is 10.4. The van der Waals surface area contributed by atoms with Gasteiger partial charge in [0.15, 0.2) is 5.78 Å². The van der Waals surface area contributed by atoms with Crippen LogP contribution in [0.5, 0.6) is 5.75 Å². The van der Waals surface area contributed by atoms with E-state index in [1.54, 1.807) is 6.08 Å². The van der Waals surface area contributed by atoms with E-state index < -0.39 is 0 Å². The standard InChI is InChI=1S/C22H30N2O3/c1-19(18-24-12-15-26-16-13-24)22(25)9-6-20-4-7-21(8-5-20)27-17-14-23-10-2-3-11-23/h4-9H,1-3,10-18H2/b9-6+. The molecule has 1 aromatic rings. The van der Waals surface area contributed by atoms with Crippen molar-refractivity contribution in [1.29, 1.82) is 0 Å². The minimum atomic E-state index is -0.0209. The first-order valence-electron chi connectivity index (χ1n) is 9.86. The first kappa shape index (κ1) is 19.8. The van der Waals surface area contributed by atoms with Crippen molar-refractivity contribution in [3.05, 3.63) is 48.1 Å². The number of hydrogen-bond acceptors (Lipinski definition) is 5. The average Bonchev–Trinajstić information content (AvgIpc) is 3.21. The predicted octanol–water partition coefficient (Wildman–Crippen LogP) is 2.63. The summed E-state index contributed by atoms with van der Waals surface area (Å²) in [4.78, 5) is 16.9. The van der Waals surface area contributed by atoms with Crippen LogP contribution in [0.25, 0.3) is 6.08 Å². The van der Waals surface area contributed by atoms with Crippen LogP contribution in [-0.2, 0) is 9.53 Å². The Kier molecular flexibility index (Phi) is 7.63. The molecule has 2 aliphatic heterocycles. The number of carbonyl (C=O) groups is 1. The summed E-state index contributed by atoms with van der Waals surface area (Å²) >= 11 is 0. The third-order valence-electron chi connectivity index (χ3n) is 5.05. The smallest absolute Gasteiger partial charge is 0.182 e. The summed E-state index contributed by atoms with van der Waals surface area (Å²) in [5.74, 6) is 0.849. The molecule has 0 bridgehead atoms. The number of ether oxygens (including phenoxy) is 2. The van der Waals surface area contributed by atoms with E-state index in [1.807, 2.05) is 30.3 Å². The van der Waals surface area contributed by atoms with Crippen LogP contribution in [0.15, 0.2) is 42.5 Å². The van der Waals surface area contributed by atoms with Crippen LogP contribution in [0.4, 0.5) is 0 Å². The largest absolute Gasteiger partial charge is 0.492 e. The van der Waals surface area contributed by atoms with Gasteiger partial charge in [-0.2, -0.15) is 0 Å². The predicted molar refractivity (Wildman–Crippen MR) is 108 cm³/mol. The fourth-order valence-electron chi connectivity index (χ4n) is 3.37. The van der Waals surface area contributed by atoms with Crippen LogP contribution in [-0.4, -0.2) is 74.7 Å². The molecule has 0 aliphatic carbocycles. The quantitative estimate of drug-likeness (QED) is 0.625. The van der Waals surface area contributed by atoms with E-state index in [1.165, 1.54) is 25.9 Å². The molecule has 0 amide bonds. The second-order valence-corrected chi connectivity index (χ2v) is 7.16. The van der Waals surface area contributed by atoms with Crippen LogP contribution in [0.1, 0.15) is 18.4 Å². The van der Waals surface area contributed by atoms with Gasteiger partial charge in [0, 0.05) is 31.8 Å². The van der Waals surface area contributed by atoms with Gasteiger partial charge in [0.1, 0.15) is 12.4 Å². The minimum Gasteiger partial charge on any atom is -0.492 e. The number of carbonyl (C=O) groups excluding carboxylic acids is 1. The number of ketones is 1. The Morgan fingerprint density at radius 1 is 1.07 bits per heavy atom. The summed E-state index contributed by atoms with van der Waals surface area (Å²) in [7, 11) is 0. The summed E-state index contributed by atoms with van der Waals surface area (Å²) in [6.07, 6.45) is 6.05. The van der Waals surface area contributed by atoms with Crippen LogP contribution >= 0.6 is 0 Å². The first-order valence-corrected chi connectivity index (χ1v) is 9.86. The molecule has 0 unspecified atom stereocenters. The Labute approximate surface area is 162 Å². The van der Waals surface area contributed by atoms with Gasteiger partial charge in [0.2, 0.25) is 0 Å². The lowest BCUT2D eigenvalue weighted by Gasteiger charge is -2.26. The summed E-state index contributed by atoms with van der Waals surface area (Å²) in [5.41, 5.74) is 1.60. The molecule has 0 spiro atoms. The van der Waals surface area contributed by atoms with E-state index in [0.717, 1.165) is 50.8 Å². The van der Waals surface area contributed by atoms with Gasteiger partial charge in [-0.1, -0.05) is 24.8 Å². The summed E-state index contributed by atoms with van der Waals surface area (Å²) in [5, 5.41) is 0. The molecule has 5 nitrogen and oxygen atoms in total. The Morgan fingerprint density at radius 3 is 2.48 bits per heavy atom. The van der Waals surface area contributed by atoms with E-state index in [-0.39, 0.29) is 5.78 Å². The number of allylic oxidation sites excluding steroid dienone is 1. The SMILES string of the molecule is C=C(CN1CCOCC1)C(=O)/C=C/c1ccc(OCCN2CCCC2)cc1. The molecule has 0 N–H and O–H groups in total. The summed E-state index contributed by atoms with van der Waals surface area (Å²) < 4.78 is 11.1. The molecule has 3 rings (SSSR count). The van der Waals surface area contributed by atoms with Crippen molar-refractivity contribution in [3.8, 4) is 5.75 Å². The number of benzene rings is 1. The van der Waals surface area contributed by atoms with Gasteiger partial charge in [0.05, 0.1) is 13.2 Å². The molecule has 27 heavy (non-hydrogen) atoms. The van der Waals surface area contributed by atoms with Gasteiger partial charge in [0.25, 0.3) is 0 Å². The van der Waals surface area contributed by atoms with Gasteiger partial charge in [-0.05, 0) is 49.7 Å². The molecule has 146 valence electrons. The molecule has 2 aliphatic rings. The molecule has 0 saturated carbocycles. The molecule has 2 saturated heterocycles. The molecule has 2 fully saturated rings. The third kappa shape index (κ3) is 6.61. The van der Waals surface area contributed by atoms with E-state index in [2.05, 4.69) is 16.4 Å². The van der Waals surface area contributed by atoms with Gasteiger partial charge in [-0.15, -0.1) is 0 Å². The lowest BCUT2D eigenvalue weighted by atomic mass is 10.1. The summed E-state index contributed by atoms with van der Waals surface area (Å²) in [6.45, 7) is 11.8. The molecule has 5 heteroatoms. The van der Waals surface area contributed by atoms with Crippen molar-refractivity contribution in [2.75, 3.05) is 59.1 Å². The molecular formula is C22H30N2O3. The maximum Gasteiger partial charge on any atom is 0.182 e. The highest BCUT2D eigenvalue weighted by Gasteiger charge is 2.14. The zero-order chi connectivity index (χ0) is 18.9. The maximum absolute atomic E-state index is 12.3. The Hall–Kier alpha value is -1.95. The van der Waals surface area contributed by atoms with Crippen molar-refractivity contribution < 1.29 is 14.3 Å². The highest BCUT2D eigenvalue weighted by atomic mass is 16.5. The van der Waals surface area contributed by atoms with Crippen molar-refractivity contribution >= 4 is 11.9 Å². The minimum absolute atomic E-state index is 0.0209. The van der Waals surface area contributed by atoms with Crippen LogP contribution in [0, 0.1) is 0 Å². The normalized spacial score (nSPS) is 18.8. The van der Waals surface area contributed by atoms with Gasteiger partial charge >= 0.3 is 0 Å². The maximum atomic E-state index is 12.3. The topological polar surface area (TPSA) is 42.0 Å². The molecule has 0 aromatic heterocycles. The van der Waals surface area contributed by atoms with E-state index >= 15 is 0 Å². The average molecular weight is 370 g/mol. The lowest BCUT2D eigenvalue weighted by molar-refractivity contribution is -0.111. The van der Waals surface area contributed by atoms with Crippen LogP contribution in [0.3, 0.4) is 0 Å². The Morgan fingerprint density at radius 2 is 1.78 bits per heavy atom. The highest BCUT2D eigenvalue weighted by molar-refractivity contribution is 6.06. The van der Waals surface area contributed by atoms with Crippen molar-refractivity contribution in [1.82, 2.24) is 9.80 Å².